The van der Waals surface area contributed by atoms with Gasteiger partial charge in [0.05, 0.1) is 17.4 Å². The number of piperazine rings is 1. The topological polar surface area (TPSA) is 78.0 Å². The number of benzene rings is 1. The minimum absolute atomic E-state index is 0.0153. The van der Waals surface area contributed by atoms with Crippen molar-refractivity contribution in [2.45, 2.75) is 37.1 Å². The van der Waals surface area contributed by atoms with Crippen LogP contribution in [0.3, 0.4) is 0 Å². The lowest BCUT2D eigenvalue weighted by Crippen LogP contribution is -2.59. The predicted molar refractivity (Wildman–Crippen MR) is 107 cm³/mol. The molecule has 154 valence electrons. The average Bonchev–Trinajstić information content (AvgIpc) is 3.14. The number of hydrogen-bond acceptors (Lipinski definition) is 5. The zero-order valence-corrected chi connectivity index (χ0v) is 17.5. The highest BCUT2D eigenvalue weighted by Crippen LogP contribution is 2.19. The van der Waals surface area contributed by atoms with Crippen molar-refractivity contribution in [3.05, 3.63) is 29.8 Å². The van der Waals surface area contributed by atoms with Gasteiger partial charge in [-0.25, -0.2) is 8.42 Å². The molecule has 8 heteroatoms. The van der Waals surface area contributed by atoms with Crippen LogP contribution in [0.25, 0.3) is 0 Å². The van der Waals surface area contributed by atoms with Crippen molar-refractivity contribution in [3.8, 4) is 0 Å². The van der Waals surface area contributed by atoms with E-state index in [1.54, 1.807) is 36.1 Å². The number of likely N-dealkylation sites (tertiary alicyclic amines) is 1. The van der Waals surface area contributed by atoms with Crippen LogP contribution in [-0.4, -0.2) is 86.5 Å². The Morgan fingerprint density at radius 1 is 1.07 bits per heavy atom. The van der Waals surface area contributed by atoms with Crippen LogP contribution in [-0.2, 0) is 25.8 Å². The standard InChI is InChI=1S/C20H29N3O4S/c1-16(24)23-12-11-22(15-18(23)14-21-9-5-6-10-21)20(25)13-17-7-3-4-8-19(17)28(2,26)27/h3-4,7-8,18H,5-6,9-15H2,1-2H3/t18-/m1/s1. The van der Waals surface area contributed by atoms with Gasteiger partial charge in [0.2, 0.25) is 11.8 Å². The molecule has 0 N–H and O–H groups in total. The Bertz CT molecular complexity index is 834. The summed E-state index contributed by atoms with van der Waals surface area (Å²) >= 11 is 0. The number of amides is 2. The van der Waals surface area contributed by atoms with Gasteiger partial charge in [-0.05, 0) is 37.6 Å². The van der Waals surface area contributed by atoms with E-state index in [9.17, 15) is 18.0 Å². The maximum atomic E-state index is 12.9. The number of hydrogen-bond donors (Lipinski definition) is 0. The Hall–Kier alpha value is -1.93. The first-order valence-corrected chi connectivity index (χ1v) is 11.7. The molecule has 0 unspecified atom stereocenters. The van der Waals surface area contributed by atoms with Gasteiger partial charge in [0.1, 0.15) is 0 Å². The van der Waals surface area contributed by atoms with Gasteiger partial charge < -0.3 is 14.7 Å². The highest BCUT2D eigenvalue weighted by atomic mass is 32.2. The molecule has 2 aliphatic rings. The van der Waals surface area contributed by atoms with Crippen LogP contribution < -0.4 is 0 Å². The smallest absolute Gasteiger partial charge is 0.227 e. The first kappa shape index (κ1) is 20.8. The Morgan fingerprint density at radius 3 is 2.39 bits per heavy atom. The van der Waals surface area contributed by atoms with E-state index in [4.69, 9.17) is 0 Å². The molecular weight excluding hydrogens is 378 g/mol. The summed E-state index contributed by atoms with van der Waals surface area (Å²) in [7, 11) is -3.39. The Balaban J connectivity index is 1.71. The molecule has 0 bridgehead atoms. The van der Waals surface area contributed by atoms with E-state index in [-0.39, 0.29) is 29.2 Å². The summed E-state index contributed by atoms with van der Waals surface area (Å²) in [6.07, 6.45) is 3.57. The second kappa shape index (κ2) is 8.61. The summed E-state index contributed by atoms with van der Waals surface area (Å²) in [4.78, 5) is 31.2. The van der Waals surface area contributed by atoms with Gasteiger partial charge >= 0.3 is 0 Å². The molecule has 0 saturated carbocycles. The van der Waals surface area contributed by atoms with Crippen LogP contribution in [0.15, 0.2) is 29.2 Å². The van der Waals surface area contributed by atoms with Gasteiger partial charge in [-0.1, -0.05) is 18.2 Å². The van der Waals surface area contributed by atoms with E-state index in [1.165, 1.54) is 12.8 Å². The molecule has 0 aromatic heterocycles. The molecule has 1 atom stereocenters. The van der Waals surface area contributed by atoms with E-state index in [2.05, 4.69) is 4.90 Å². The van der Waals surface area contributed by atoms with Gasteiger partial charge in [0.15, 0.2) is 9.84 Å². The summed E-state index contributed by atoms with van der Waals surface area (Å²) in [5.41, 5.74) is 0.528. The van der Waals surface area contributed by atoms with Crippen molar-refractivity contribution in [3.63, 3.8) is 0 Å². The van der Waals surface area contributed by atoms with Gasteiger partial charge in [-0.15, -0.1) is 0 Å². The Morgan fingerprint density at radius 2 is 1.75 bits per heavy atom. The summed E-state index contributed by atoms with van der Waals surface area (Å²) in [5, 5.41) is 0. The second-order valence-corrected chi connectivity index (χ2v) is 9.75. The zero-order chi connectivity index (χ0) is 20.3. The Labute approximate surface area is 167 Å². The fourth-order valence-electron chi connectivity index (χ4n) is 4.20. The number of nitrogens with zero attached hydrogens (tertiary/aromatic N) is 3. The molecule has 3 rings (SSSR count). The summed E-state index contributed by atoms with van der Waals surface area (Å²) < 4.78 is 24.0. The van der Waals surface area contributed by atoms with Crippen LogP contribution in [0.2, 0.25) is 0 Å². The van der Waals surface area contributed by atoms with Crippen LogP contribution in [0.4, 0.5) is 0 Å². The highest BCUT2D eigenvalue weighted by Gasteiger charge is 2.33. The van der Waals surface area contributed by atoms with Crippen LogP contribution in [0, 0.1) is 0 Å². The van der Waals surface area contributed by atoms with Gasteiger partial charge in [-0.2, -0.15) is 0 Å². The molecule has 1 aromatic rings. The molecule has 2 amide bonds. The number of sulfone groups is 1. The molecular formula is C20H29N3O4S. The van der Waals surface area contributed by atoms with Crippen molar-refractivity contribution in [2.75, 3.05) is 45.5 Å². The average molecular weight is 408 g/mol. The third-order valence-corrected chi connectivity index (χ3v) is 6.82. The van der Waals surface area contributed by atoms with E-state index < -0.39 is 9.84 Å². The SMILES string of the molecule is CC(=O)N1CCN(C(=O)Cc2ccccc2S(C)(=O)=O)C[C@H]1CN1CCCC1. The van der Waals surface area contributed by atoms with Crippen molar-refractivity contribution in [1.29, 1.82) is 0 Å². The third kappa shape index (κ3) is 4.91. The molecule has 2 fully saturated rings. The van der Waals surface area contributed by atoms with Crippen LogP contribution in [0.5, 0.6) is 0 Å². The first-order valence-electron chi connectivity index (χ1n) is 9.81. The molecule has 28 heavy (non-hydrogen) atoms. The molecule has 2 saturated heterocycles. The lowest BCUT2D eigenvalue weighted by Gasteiger charge is -2.42. The Kier molecular flexibility index (Phi) is 6.40. The van der Waals surface area contributed by atoms with Crippen molar-refractivity contribution >= 4 is 21.7 Å². The molecule has 7 nitrogen and oxygen atoms in total. The van der Waals surface area contributed by atoms with Crippen molar-refractivity contribution in [1.82, 2.24) is 14.7 Å². The zero-order valence-electron chi connectivity index (χ0n) is 16.6. The van der Waals surface area contributed by atoms with E-state index >= 15 is 0 Å². The molecule has 1 aromatic carbocycles. The number of carbonyl (C=O) groups excluding carboxylic acids is 2. The van der Waals surface area contributed by atoms with Crippen molar-refractivity contribution in [2.24, 2.45) is 0 Å². The third-order valence-electron chi connectivity index (χ3n) is 5.62. The lowest BCUT2D eigenvalue weighted by molar-refractivity contribution is -0.141. The lowest BCUT2D eigenvalue weighted by atomic mass is 10.1. The van der Waals surface area contributed by atoms with E-state index in [0.29, 0.717) is 25.2 Å². The maximum absolute atomic E-state index is 12.9. The number of carbonyl (C=O) groups is 2. The summed E-state index contributed by atoms with van der Waals surface area (Å²) in [6, 6.07) is 6.64. The summed E-state index contributed by atoms with van der Waals surface area (Å²) in [6.45, 7) is 5.94. The highest BCUT2D eigenvalue weighted by molar-refractivity contribution is 7.90. The second-order valence-electron chi connectivity index (χ2n) is 7.77. The van der Waals surface area contributed by atoms with Gasteiger partial charge in [0, 0.05) is 39.4 Å². The predicted octanol–water partition coefficient (Wildman–Crippen LogP) is 0.788. The largest absolute Gasteiger partial charge is 0.339 e. The maximum Gasteiger partial charge on any atom is 0.227 e. The monoisotopic (exact) mass is 407 g/mol. The molecule has 0 radical (unpaired) electrons. The molecule has 2 aliphatic heterocycles. The van der Waals surface area contributed by atoms with Crippen molar-refractivity contribution < 1.29 is 18.0 Å². The molecule has 2 heterocycles. The number of rotatable bonds is 5. The van der Waals surface area contributed by atoms with Crippen LogP contribution >= 0.6 is 0 Å². The first-order chi connectivity index (χ1) is 13.3. The van der Waals surface area contributed by atoms with Crippen LogP contribution in [0.1, 0.15) is 25.3 Å². The fourth-order valence-corrected chi connectivity index (χ4v) is 5.14. The van der Waals surface area contributed by atoms with E-state index in [0.717, 1.165) is 25.9 Å². The van der Waals surface area contributed by atoms with Gasteiger partial charge in [-0.3, -0.25) is 9.59 Å². The quantitative estimate of drug-likeness (QED) is 0.721. The summed E-state index contributed by atoms with van der Waals surface area (Å²) in [5.74, 6) is -0.0514. The minimum Gasteiger partial charge on any atom is -0.339 e. The van der Waals surface area contributed by atoms with E-state index in [1.807, 2.05) is 4.90 Å². The normalized spacial score (nSPS) is 21.1. The minimum atomic E-state index is -3.39. The van der Waals surface area contributed by atoms with Gasteiger partial charge in [0.25, 0.3) is 0 Å². The fraction of sp³-hybridized carbons (Fsp3) is 0.600. The molecule has 0 spiro atoms. The molecule has 0 aliphatic carbocycles.